The van der Waals surface area contributed by atoms with Crippen molar-refractivity contribution in [3.05, 3.63) is 41.3 Å². The van der Waals surface area contributed by atoms with Crippen molar-refractivity contribution in [1.82, 2.24) is 14.3 Å². The summed E-state index contributed by atoms with van der Waals surface area (Å²) in [5.74, 6) is 0.679. The smallest absolute Gasteiger partial charge is 0.259 e. The molecule has 0 amide bonds. The third-order valence-electron chi connectivity index (χ3n) is 3.51. The van der Waals surface area contributed by atoms with E-state index in [2.05, 4.69) is 9.71 Å². The standard InChI is InChI=1S/C14H20N4O2S/c1-4-18-9-14(17-11(18)3)21(19,20)16-8-12-6-5-7-13(15)10(12)2/h5-7,9,16H,4,8,15H2,1-3H3. The minimum atomic E-state index is -3.62. The molecule has 114 valence electrons. The lowest BCUT2D eigenvalue weighted by Gasteiger charge is -2.09. The number of benzene rings is 1. The molecule has 0 radical (unpaired) electrons. The first kappa shape index (κ1) is 15.5. The van der Waals surface area contributed by atoms with E-state index in [-0.39, 0.29) is 11.6 Å². The van der Waals surface area contributed by atoms with Crippen molar-refractivity contribution < 1.29 is 8.42 Å². The Bertz CT molecular complexity index is 750. The summed E-state index contributed by atoms with van der Waals surface area (Å²) >= 11 is 0. The van der Waals surface area contributed by atoms with E-state index in [1.54, 1.807) is 23.8 Å². The maximum atomic E-state index is 12.3. The number of hydrogen-bond donors (Lipinski definition) is 2. The first-order valence-corrected chi connectivity index (χ1v) is 8.21. The molecule has 0 saturated carbocycles. The predicted octanol–water partition coefficient (Wildman–Crippen LogP) is 1.58. The van der Waals surface area contributed by atoms with Gasteiger partial charge >= 0.3 is 0 Å². The summed E-state index contributed by atoms with van der Waals surface area (Å²) in [5.41, 5.74) is 8.21. The van der Waals surface area contributed by atoms with E-state index in [0.717, 1.165) is 11.1 Å². The van der Waals surface area contributed by atoms with E-state index in [1.807, 2.05) is 26.0 Å². The highest BCUT2D eigenvalue weighted by Crippen LogP contribution is 2.16. The zero-order chi connectivity index (χ0) is 15.6. The molecule has 0 saturated heterocycles. The summed E-state index contributed by atoms with van der Waals surface area (Å²) < 4.78 is 28.9. The number of aryl methyl sites for hydroxylation is 2. The average molecular weight is 308 g/mol. The van der Waals surface area contributed by atoms with Crippen LogP contribution in [0.15, 0.2) is 29.4 Å². The first-order valence-electron chi connectivity index (χ1n) is 6.72. The van der Waals surface area contributed by atoms with Crippen LogP contribution in [0.4, 0.5) is 5.69 Å². The van der Waals surface area contributed by atoms with Gasteiger partial charge in [0.2, 0.25) is 0 Å². The molecular weight excluding hydrogens is 288 g/mol. The molecule has 7 heteroatoms. The molecular formula is C14H20N4O2S. The van der Waals surface area contributed by atoms with Crippen LogP contribution in [0.25, 0.3) is 0 Å². The summed E-state index contributed by atoms with van der Waals surface area (Å²) in [6.45, 7) is 6.47. The second kappa shape index (κ2) is 5.87. The molecule has 0 aliphatic carbocycles. The van der Waals surface area contributed by atoms with Gasteiger partial charge in [-0.1, -0.05) is 12.1 Å². The minimum Gasteiger partial charge on any atom is -0.399 e. The number of nitrogens with two attached hydrogens (primary N) is 1. The van der Waals surface area contributed by atoms with E-state index in [9.17, 15) is 8.42 Å². The second-order valence-electron chi connectivity index (χ2n) is 4.87. The van der Waals surface area contributed by atoms with E-state index >= 15 is 0 Å². The summed E-state index contributed by atoms with van der Waals surface area (Å²) in [6, 6.07) is 5.45. The van der Waals surface area contributed by atoms with Gasteiger partial charge in [-0.25, -0.2) is 18.1 Å². The topological polar surface area (TPSA) is 90.0 Å². The predicted molar refractivity (Wildman–Crippen MR) is 82.3 cm³/mol. The molecule has 1 aromatic heterocycles. The zero-order valence-corrected chi connectivity index (χ0v) is 13.2. The quantitative estimate of drug-likeness (QED) is 0.821. The average Bonchev–Trinajstić information content (AvgIpc) is 2.82. The van der Waals surface area contributed by atoms with Gasteiger partial charge in [-0.3, -0.25) is 0 Å². The van der Waals surface area contributed by atoms with Crippen molar-refractivity contribution >= 4 is 15.7 Å². The van der Waals surface area contributed by atoms with Gasteiger partial charge in [-0.05, 0) is 38.0 Å². The Balaban J connectivity index is 2.19. The van der Waals surface area contributed by atoms with Crippen molar-refractivity contribution in [2.24, 2.45) is 0 Å². The molecule has 2 aromatic rings. The van der Waals surface area contributed by atoms with Gasteiger partial charge in [0.25, 0.3) is 10.0 Å². The maximum absolute atomic E-state index is 12.3. The molecule has 0 aliphatic heterocycles. The number of nitrogens with zero attached hydrogens (tertiary/aromatic N) is 2. The van der Waals surface area contributed by atoms with Crippen LogP contribution in [0.2, 0.25) is 0 Å². The Morgan fingerprint density at radius 2 is 2.05 bits per heavy atom. The van der Waals surface area contributed by atoms with Gasteiger partial charge in [-0.2, -0.15) is 0 Å². The molecule has 0 spiro atoms. The molecule has 0 unspecified atom stereocenters. The van der Waals surface area contributed by atoms with Crippen molar-refractivity contribution in [2.45, 2.75) is 38.9 Å². The zero-order valence-electron chi connectivity index (χ0n) is 12.4. The fraction of sp³-hybridized carbons (Fsp3) is 0.357. The molecule has 2 rings (SSSR count). The molecule has 0 fully saturated rings. The Labute approximate surface area is 125 Å². The molecule has 0 bridgehead atoms. The van der Waals surface area contributed by atoms with Crippen LogP contribution in [0.1, 0.15) is 23.9 Å². The minimum absolute atomic E-state index is 0.0448. The number of nitrogens with one attached hydrogen (secondary N) is 1. The third kappa shape index (κ3) is 3.25. The van der Waals surface area contributed by atoms with Crippen LogP contribution in [-0.2, 0) is 23.1 Å². The van der Waals surface area contributed by atoms with Crippen LogP contribution < -0.4 is 10.5 Å². The molecule has 1 aromatic carbocycles. The summed E-state index contributed by atoms with van der Waals surface area (Å²) in [4.78, 5) is 4.09. The van der Waals surface area contributed by atoms with Gasteiger partial charge < -0.3 is 10.3 Å². The van der Waals surface area contributed by atoms with Gasteiger partial charge in [0.1, 0.15) is 5.82 Å². The van der Waals surface area contributed by atoms with E-state index in [1.165, 1.54) is 0 Å². The van der Waals surface area contributed by atoms with Crippen molar-refractivity contribution in [3.8, 4) is 0 Å². The number of rotatable bonds is 5. The Morgan fingerprint density at radius 3 is 2.67 bits per heavy atom. The molecule has 21 heavy (non-hydrogen) atoms. The van der Waals surface area contributed by atoms with Crippen molar-refractivity contribution in [3.63, 3.8) is 0 Å². The Morgan fingerprint density at radius 1 is 1.33 bits per heavy atom. The Kier molecular flexibility index (Phi) is 4.34. The molecule has 6 nitrogen and oxygen atoms in total. The van der Waals surface area contributed by atoms with Crippen molar-refractivity contribution in [2.75, 3.05) is 5.73 Å². The van der Waals surface area contributed by atoms with Crippen LogP contribution in [0, 0.1) is 13.8 Å². The molecule has 0 aliphatic rings. The van der Waals surface area contributed by atoms with Crippen LogP contribution >= 0.6 is 0 Å². The maximum Gasteiger partial charge on any atom is 0.259 e. The second-order valence-corrected chi connectivity index (χ2v) is 6.58. The van der Waals surface area contributed by atoms with E-state index in [0.29, 0.717) is 18.1 Å². The fourth-order valence-electron chi connectivity index (χ4n) is 2.07. The third-order valence-corrected chi connectivity index (χ3v) is 4.78. The van der Waals surface area contributed by atoms with Crippen LogP contribution in [0.5, 0.6) is 0 Å². The lowest BCUT2D eigenvalue weighted by Crippen LogP contribution is -2.24. The number of nitrogen functional groups attached to an aromatic ring is 1. The largest absolute Gasteiger partial charge is 0.399 e. The molecule has 3 N–H and O–H groups in total. The fourth-order valence-corrected chi connectivity index (χ4v) is 3.08. The van der Waals surface area contributed by atoms with Crippen LogP contribution in [-0.4, -0.2) is 18.0 Å². The number of sulfonamides is 1. The molecule has 0 atom stereocenters. The first-order chi connectivity index (χ1) is 9.85. The lowest BCUT2D eigenvalue weighted by molar-refractivity contribution is 0.577. The number of hydrogen-bond acceptors (Lipinski definition) is 4. The highest BCUT2D eigenvalue weighted by atomic mass is 32.2. The molecule has 1 heterocycles. The summed E-state index contributed by atoms with van der Waals surface area (Å²) in [6.07, 6.45) is 1.55. The number of imidazole rings is 1. The van der Waals surface area contributed by atoms with E-state index in [4.69, 9.17) is 5.73 Å². The van der Waals surface area contributed by atoms with Gasteiger partial charge in [0.05, 0.1) is 0 Å². The number of anilines is 1. The van der Waals surface area contributed by atoms with Gasteiger partial charge in [0.15, 0.2) is 5.03 Å². The van der Waals surface area contributed by atoms with E-state index < -0.39 is 10.0 Å². The lowest BCUT2D eigenvalue weighted by atomic mass is 10.1. The van der Waals surface area contributed by atoms with Crippen LogP contribution in [0.3, 0.4) is 0 Å². The van der Waals surface area contributed by atoms with Gasteiger partial charge in [-0.15, -0.1) is 0 Å². The summed E-state index contributed by atoms with van der Waals surface area (Å²) in [5, 5.41) is 0.0448. The number of aromatic nitrogens is 2. The van der Waals surface area contributed by atoms with Crippen molar-refractivity contribution in [1.29, 1.82) is 0 Å². The summed E-state index contributed by atoms with van der Waals surface area (Å²) in [7, 11) is -3.62. The highest BCUT2D eigenvalue weighted by Gasteiger charge is 2.19. The SMILES string of the molecule is CCn1cc(S(=O)(=O)NCc2cccc(N)c2C)nc1C. The van der Waals surface area contributed by atoms with Gasteiger partial charge in [0, 0.05) is 25.0 Å². The monoisotopic (exact) mass is 308 g/mol. The normalized spacial score (nSPS) is 11.8. The Hall–Kier alpha value is -1.86. The highest BCUT2D eigenvalue weighted by molar-refractivity contribution is 7.89.